The molecule has 1 rings (SSSR count). The highest BCUT2D eigenvalue weighted by atomic mass is 35.5. The molecule has 0 radical (unpaired) electrons. The molecule has 0 spiro atoms. The number of carbonyl (C=O) groups is 1. The van der Waals surface area contributed by atoms with Crippen molar-refractivity contribution < 1.29 is 9.90 Å². The molecule has 1 N–H and O–H groups in total. The standard InChI is InChI=1S/C7H10ClNO2/c8-5-6-1-3-9(4-2-6)7(10)11/h1H,2-5H2,(H,10,11). The van der Waals surface area contributed by atoms with Gasteiger partial charge in [0.25, 0.3) is 0 Å². The molecule has 0 atom stereocenters. The fourth-order valence-electron chi connectivity index (χ4n) is 1.01. The molecule has 1 aliphatic rings. The zero-order valence-corrected chi connectivity index (χ0v) is 6.84. The summed E-state index contributed by atoms with van der Waals surface area (Å²) in [7, 11) is 0. The second-order valence-corrected chi connectivity index (χ2v) is 2.74. The average molecular weight is 176 g/mol. The van der Waals surface area contributed by atoms with Crippen LogP contribution >= 0.6 is 11.6 Å². The number of carboxylic acid groups (broad SMARTS) is 1. The lowest BCUT2D eigenvalue weighted by atomic mass is 10.1. The van der Waals surface area contributed by atoms with Gasteiger partial charge < -0.3 is 10.0 Å². The van der Waals surface area contributed by atoms with E-state index in [-0.39, 0.29) is 0 Å². The predicted octanol–water partition coefficient (Wildman–Crippen LogP) is 1.54. The fraction of sp³-hybridized carbons (Fsp3) is 0.571. The molecule has 0 saturated heterocycles. The van der Waals surface area contributed by atoms with Gasteiger partial charge in [0.15, 0.2) is 0 Å². The van der Waals surface area contributed by atoms with E-state index in [1.54, 1.807) is 0 Å². The zero-order chi connectivity index (χ0) is 8.27. The number of hydrogen-bond acceptors (Lipinski definition) is 1. The van der Waals surface area contributed by atoms with Crippen LogP contribution in [0.15, 0.2) is 11.6 Å². The minimum absolute atomic E-state index is 0.484. The second-order valence-electron chi connectivity index (χ2n) is 2.47. The Morgan fingerprint density at radius 2 is 2.55 bits per heavy atom. The number of hydrogen-bond donors (Lipinski definition) is 1. The van der Waals surface area contributed by atoms with E-state index in [9.17, 15) is 4.79 Å². The number of rotatable bonds is 1. The first kappa shape index (κ1) is 8.40. The minimum Gasteiger partial charge on any atom is -0.465 e. The van der Waals surface area contributed by atoms with Crippen molar-refractivity contribution in [3.05, 3.63) is 11.6 Å². The van der Waals surface area contributed by atoms with E-state index < -0.39 is 6.09 Å². The van der Waals surface area contributed by atoms with E-state index in [2.05, 4.69) is 0 Å². The Kier molecular flexibility index (Phi) is 2.76. The molecule has 0 saturated carbocycles. The molecule has 62 valence electrons. The Balaban J connectivity index is 2.47. The van der Waals surface area contributed by atoms with Gasteiger partial charge in [-0.1, -0.05) is 11.6 Å². The lowest BCUT2D eigenvalue weighted by Crippen LogP contribution is -2.33. The summed E-state index contributed by atoms with van der Waals surface area (Å²) < 4.78 is 0. The van der Waals surface area contributed by atoms with Gasteiger partial charge in [0.2, 0.25) is 0 Å². The third kappa shape index (κ3) is 2.12. The summed E-state index contributed by atoms with van der Waals surface area (Å²) in [6.07, 6.45) is 1.80. The monoisotopic (exact) mass is 175 g/mol. The van der Waals surface area contributed by atoms with Crippen LogP contribution in [0, 0.1) is 0 Å². The summed E-state index contributed by atoms with van der Waals surface area (Å²) in [6, 6.07) is 0. The van der Waals surface area contributed by atoms with Crippen molar-refractivity contribution in [2.45, 2.75) is 6.42 Å². The fourth-order valence-corrected chi connectivity index (χ4v) is 1.25. The normalized spacial score (nSPS) is 17.9. The largest absolute Gasteiger partial charge is 0.465 e. The number of alkyl halides is 1. The molecule has 11 heavy (non-hydrogen) atoms. The smallest absolute Gasteiger partial charge is 0.407 e. The highest BCUT2D eigenvalue weighted by molar-refractivity contribution is 6.19. The van der Waals surface area contributed by atoms with Crippen molar-refractivity contribution >= 4 is 17.7 Å². The van der Waals surface area contributed by atoms with Crippen molar-refractivity contribution in [1.82, 2.24) is 4.90 Å². The summed E-state index contributed by atoms with van der Waals surface area (Å²) >= 11 is 5.57. The van der Waals surface area contributed by atoms with Crippen LogP contribution in [-0.4, -0.2) is 35.1 Å². The van der Waals surface area contributed by atoms with Crippen LogP contribution in [-0.2, 0) is 0 Å². The SMILES string of the molecule is O=C(O)N1CC=C(CCl)CC1. The van der Waals surface area contributed by atoms with E-state index in [4.69, 9.17) is 16.7 Å². The maximum absolute atomic E-state index is 10.4. The van der Waals surface area contributed by atoms with E-state index in [1.807, 2.05) is 6.08 Å². The van der Waals surface area contributed by atoms with Gasteiger partial charge in [0.05, 0.1) is 0 Å². The third-order valence-corrected chi connectivity index (χ3v) is 2.09. The van der Waals surface area contributed by atoms with Crippen molar-refractivity contribution in [2.24, 2.45) is 0 Å². The highest BCUT2D eigenvalue weighted by Gasteiger charge is 2.14. The van der Waals surface area contributed by atoms with Crippen LogP contribution in [0.25, 0.3) is 0 Å². The van der Waals surface area contributed by atoms with Crippen LogP contribution in [0.4, 0.5) is 4.79 Å². The van der Waals surface area contributed by atoms with Gasteiger partial charge in [0, 0.05) is 19.0 Å². The van der Waals surface area contributed by atoms with Gasteiger partial charge in [-0.15, -0.1) is 11.6 Å². The van der Waals surface area contributed by atoms with Crippen molar-refractivity contribution in [3.63, 3.8) is 0 Å². The van der Waals surface area contributed by atoms with Crippen molar-refractivity contribution in [2.75, 3.05) is 19.0 Å². The Hall–Kier alpha value is -0.700. The van der Waals surface area contributed by atoms with Crippen LogP contribution in [0.1, 0.15) is 6.42 Å². The Morgan fingerprint density at radius 3 is 2.91 bits per heavy atom. The Labute approximate surface area is 70.3 Å². The molecule has 0 aliphatic carbocycles. The third-order valence-electron chi connectivity index (χ3n) is 1.75. The molecule has 1 aliphatic heterocycles. The molecule has 0 bridgehead atoms. The van der Waals surface area contributed by atoms with Crippen molar-refractivity contribution in [1.29, 1.82) is 0 Å². The molecule has 1 heterocycles. The van der Waals surface area contributed by atoms with Crippen LogP contribution in [0.3, 0.4) is 0 Å². The second kappa shape index (κ2) is 3.62. The number of nitrogens with zero attached hydrogens (tertiary/aromatic N) is 1. The van der Waals surface area contributed by atoms with Crippen LogP contribution in [0.2, 0.25) is 0 Å². The first-order chi connectivity index (χ1) is 5.24. The van der Waals surface area contributed by atoms with Gasteiger partial charge in [-0.3, -0.25) is 0 Å². The van der Waals surface area contributed by atoms with E-state index >= 15 is 0 Å². The van der Waals surface area contributed by atoms with E-state index in [0.717, 1.165) is 12.0 Å². The molecular formula is C7H10ClNO2. The van der Waals surface area contributed by atoms with Gasteiger partial charge >= 0.3 is 6.09 Å². The van der Waals surface area contributed by atoms with E-state index in [1.165, 1.54) is 4.90 Å². The lowest BCUT2D eigenvalue weighted by Gasteiger charge is -2.22. The maximum atomic E-state index is 10.4. The summed E-state index contributed by atoms with van der Waals surface area (Å²) in [6.45, 7) is 1.06. The first-order valence-corrected chi connectivity index (χ1v) is 3.99. The molecule has 0 aromatic heterocycles. The van der Waals surface area contributed by atoms with Gasteiger partial charge in [-0.25, -0.2) is 4.79 Å². The Bertz CT molecular complexity index is 191. The maximum Gasteiger partial charge on any atom is 0.407 e. The molecule has 3 nitrogen and oxygen atoms in total. The zero-order valence-electron chi connectivity index (χ0n) is 6.09. The molecule has 0 unspecified atom stereocenters. The molecule has 1 amide bonds. The first-order valence-electron chi connectivity index (χ1n) is 3.46. The van der Waals surface area contributed by atoms with Crippen LogP contribution < -0.4 is 0 Å². The predicted molar refractivity (Wildman–Crippen MR) is 43.0 cm³/mol. The highest BCUT2D eigenvalue weighted by Crippen LogP contribution is 2.11. The lowest BCUT2D eigenvalue weighted by molar-refractivity contribution is 0.149. The van der Waals surface area contributed by atoms with Gasteiger partial charge in [-0.2, -0.15) is 0 Å². The van der Waals surface area contributed by atoms with Crippen molar-refractivity contribution in [3.8, 4) is 0 Å². The molecule has 0 aromatic rings. The summed E-state index contributed by atoms with van der Waals surface area (Å²) in [5.41, 5.74) is 1.14. The quantitative estimate of drug-likeness (QED) is 0.485. The molecule has 0 fully saturated rings. The molecule has 0 aromatic carbocycles. The Morgan fingerprint density at radius 1 is 1.82 bits per heavy atom. The van der Waals surface area contributed by atoms with Crippen LogP contribution in [0.5, 0.6) is 0 Å². The minimum atomic E-state index is -0.852. The average Bonchev–Trinajstić information content (AvgIpc) is 2.05. The molecular weight excluding hydrogens is 166 g/mol. The molecule has 4 heteroatoms. The van der Waals surface area contributed by atoms with Gasteiger partial charge in [0.1, 0.15) is 0 Å². The van der Waals surface area contributed by atoms with E-state index in [0.29, 0.717) is 19.0 Å². The topological polar surface area (TPSA) is 40.5 Å². The summed E-state index contributed by atoms with van der Waals surface area (Å²) in [4.78, 5) is 11.8. The summed E-state index contributed by atoms with van der Waals surface area (Å²) in [5, 5.41) is 8.56. The number of halogens is 1. The van der Waals surface area contributed by atoms with Gasteiger partial charge in [-0.05, 0) is 6.42 Å². The number of amides is 1. The summed E-state index contributed by atoms with van der Waals surface area (Å²) in [5.74, 6) is 0.521.